The standard InChI is InChI=1S/C11H21N/c1-7(2)12-8-9(12)11(5,6)10(8,3)4/h7-9H,1-6H3. The predicted molar refractivity (Wildman–Crippen MR) is 52.1 cm³/mol. The molecule has 0 amide bonds. The van der Waals surface area contributed by atoms with Crippen molar-refractivity contribution in [2.24, 2.45) is 10.8 Å². The van der Waals surface area contributed by atoms with E-state index in [-0.39, 0.29) is 0 Å². The van der Waals surface area contributed by atoms with Crippen LogP contribution in [-0.2, 0) is 0 Å². The zero-order valence-corrected chi connectivity index (χ0v) is 9.18. The van der Waals surface area contributed by atoms with E-state index in [1.807, 2.05) is 0 Å². The van der Waals surface area contributed by atoms with E-state index in [9.17, 15) is 0 Å². The molecule has 0 aromatic heterocycles. The van der Waals surface area contributed by atoms with E-state index in [2.05, 4.69) is 46.4 Å². The molecule has 1 heteroatoms. The Balaban J connectivity index is 2.19. The van der Waals surface area contributed by atoms with Gasteiger partial charge in [0.2, 0.25) is 0 Å². The van der Waals surface area contributed by atoms with Crippen molar-refractivity contribution in [1.29, 1.82) is 0 Å². The monoisotopic (exact) mass is 167 g/mol. The highest BCUT2D eigenvalue weighted by Gasteiger charge is 2.76. The molecule has 2 fully saturated rings. The lowest BCUT2D eigenvalue weighted by atomic mass is 9.53. The lowest BCUT2D eigenvalue weighted by Gasteiger charge is -2.49. The first-order valence-corrected chi connectivity index (χ1v) is 5.09. The molecule has 0 spiro atoms. The molecule has 1 aliphatic carbocycles. The van der Waals surface area contributed by atoms with Crippen LogP contribution in [0.25, 0.3) is 0 Å². The van der Waals surface area contributed by atoms with Crippen molar-refractivity contribution in [2.75, 3.05) is 0 Å². The molecule has 2 rings (SSSR count). The van der Waals surface area contributed by atoms with E-state index in [1.165, 1.54) is 0 Å². The molecule has 1 saturated carbocycles. The van der Waals surface area contributed by atoms with Gasteiger partial charge in [0.1, 0.15) is 0 Å². The summed E-state index contributed by atoms with van der Waals surface area (Å²) in [5, 5.41) is 0. The Morgan fingerprint density at radius 3 is 1.42 bits per heavy atom. The zero-order valence-electron chi connectivity index (χ0n) is 9.18. The van der Waals surface area contributed by atoms with Crippen LogP contribution >= 0.6 is 0 Å². The molecule has 12 heavy (non-hydrogen) atoms. The Hall–Kier alpha value is -0.0400. The third-order valence-electron chi connectivity index (χ3n) is 4.59. The van der Waals surface area contributed by atoms with Crippen LogP contribution in [0, 0.1) is 10.8 Å². The number of hydrogen-bond donors (Lipinski definition) is 0. The fourth-order valence-electron chi connectivity index (χ4n) is 3.09. The normalized spacial score (nSPS) is 46.8. The van der Waals surface area contributed by atoms with E-state index in [4.69, 9.17) is 0 Å². The van der Waals surface area contributed by atoms with Crippen molar-refractivity contribution in [1.82, 2.24) is 4.90 Å². The first-order valence-electron chi connectivity index (χ1n) is 5.09. The maximum atomic E-state index is 2.67. The predicted octanol–water partition coefficient (Wildman–Crippen LogP) is 2.51. The van der Waals surface area contributed by atoms with E-state index in [0.717, 1.165) is 18.1 Å². The summed E-state index contributed by atoms with van der Waals surface area (Å²) in [6, 6.07) is 2.50. The Morgan fingerprint density at radius 2 is 1.25 bits per heavy atom. The Morgan fingerprint density at radius 1 is 0.917 bits per heavy atom. The van der Waals surface area contributed by atoms with Crippen LogP contribution in [-0.4, -0.2) is 23.0 Å². The van der Waals surface area contributed by atoms with Gasteiger partial charge in [-0.25, -0.2) is 0 Å². The highest BCUT2D eigenvalue weighted by molar-refractivity contribution is 5.30. The van der Waals surface area contributed by atoms with Crippen LogP contribution in [0.2, 0.25) is 0 Å². The number of likely N-dealkylation sites (tertiary alicyclic amines) is 1. The second-order valence-corrected chi connectivity index (χ2v) is 5.87. The van der Waals surface area contributed by atoms with Gasteiger partial charge in [0.05, 0.1) is 0 Å². The molecule has 0 aromatic carbocycles. The van der Waals surface area contributed by atoms with Crippen molar-refractivity contribution in [3.8, 4) is 0 Å². The third kappa shape index (κ3) is 0.654. The zero-order chi connectivity index (χ0) is 9.31. The Bertz CT molecular complexity index is 188. The number of nitrogens with zero attached hydrogens (tertiary/aromatic N) is 1. The summed E-state index contributed by atoms with van der Waals surface area (Å²) in [5.74, 6) is 0. The molecule has 0 N–H and O–H groups in total. The number of hydrogen-bond acceptors (Lipinski definition) is 1. The van der Waals surface area contributed by atoms with Gasteiger partial charge in [-0.3, -0.25) is 4.90 Å². The van der Waals surface area contributed by atoms with Crippen LogP contribution < -0.4 is 0 Å². The highest BCUT2D eigenvalue weighted by atomic mass is 15.4. The van der Waals surface area contributed by atoms with Crippen molar-refractivity contribution in [2.45, 2.75) is 59.7 Å². The molecule has 2 aliphatic rings. The average molecular weight is 167 g/mol. The molecular weight excluding hydrogens is 146 g/mol. The Kier molecular flexibility index (Phi) is 1.35. The van der Waals surface area contributed by atoms with Crippen LogP contribution in [0.5, 0.6) is 0 Å². The average Bonchev–Trinajstić information content (AvgIpc) is 2.58. The number of rotatable bonds is 1. The van der Waals surface area contributed by atoms with Gasteiger partial charge < -0.3 is 0 Å². The highest BCUT2D eigenvalue weighted by Crippen LogP contribution is 2.70. The molecule has 1 heterocycles. The molecule has 1 aliphatic heterocycles. The maximum Gasteiger partial charge on any atom is 0.0320 e. The van der Waals surface area contributed by atoms with Gasteiger partial charge in [-0.1, -0.05) is 27.7 Å². The van der Waals surface area contributed by atoms with Gasteiger partial charge in [0.25, 0.3) is 0 Å². The minimum Gasteiger partial charge on any atom is -0.291 e. The van der Waals surface area contributed by atoms with Crippen LogP contribution in [0.1, 0.15) is 41.5 Å². The summed E-state index contributed by atoms with van der Waals surface area (Å²) in [4.78, 5) is 2.67. The van der Waals surface area contributed by atoms with Gasteiger partial charge in [0, 0.05) is 18.1 Å². The lowest BCUT2D eigenvalue weighted by molar-refractivity contribution is 0.0353. The molecule has 0 aromatic rings. The van der Waals surface area contributed by atoms with Crippen molar-refractivity contribution in [3.05, 3.63) is 0 Å². The van der Waals surface area contributed by atoms with Crippen LogP contribution in [0.15, 0.2) is 0 Å². The van der Waals surface area contributed by atoms with Gasteiger partial charge >= 0.3 is 0 Å². The fourth-order valence-corrected chi connectivity index (χ4v) is 3.09. The third-order valence-corrected chi connectivity index (χ3v) is 4.59. The minimum atomic E-state index is 0.530. The second kappa shape index (κ2) is 1.89. The van der Waals surface area contributed by atoms with Gasteiger partial charge in [-0.15, -0.1) is 0 Å². The summed E-state index contributed by atoms with van der Waals surface area (Å²) in [5.41, 5.74) is 1.06. The first-order chi connectivity index (χ1) is 5.32. The SMILES string of the molecule is CC(C)N1C2C1C(C)(C)C2(C)C. The molecular formula is C11H21N. The van der Waals surface area contributed by atoms with E-state index in [1.54, 1.807) is 0 Å². The molecule has 1 saturated heterocycles. The second-order valence-electron chi connectivity index (χ2n) is 5.87. The van der Waals surface area contributed by atoms with Gasteiger partial charge in [-0.05, 0) is 24.7 Å². The molecule has 1 nitrogen and oxygen atoms in total. The summed E-state index contributed by atoms with van der Waals surface area (Å²) in [6.07, 6.45) is 0. The summed E-state index contributed by atoms with van der Waals surface area (Å²) >= 11 is 0. The van der Waals surface area contributed by atoms with E-state index >= 15 is 0 Å². The van der Waals surface area contributed by atoms with Crippen molar-refractivity contribution >= 4 is 0 Å². The first kappa shape index (κ1) is 8.55. The Labute approximate surface area is 76.1 Å². The van der Waals surface area contributed by atoms with E-state index < -0.39 is 0 Å². The summed E-state index contributed by atoms with van der Waals surface area (Å²) < 4.78 is 0. The molecule has 0 bridgehead atoms. The van der Waals surface area contributed by atoms with Gasteiger partial charge in [-0.2, -0.15) is 0 Å². The minimum absolute atomic E-state index is 0.530. The molecule has 2 unspecified atom stereocenters. The quantitative estimate of drug-likeness (QED) is 0.542. The maximum absolute atomic E-state index is 2.67. The van der Waals surface area contributed by atoms with Gasteiger partial charge in [0.15, 0.2) is 0 Å². The van der Waals surface area contributed by atoms with Crippen LogP contribution in [0.4, 0.5) is 0 Å². The molecule has 2 atom stereocenters. The summed E-state index contributed by atoms with van der Waals surface area (Å²) in [6.45, 7) is 14.3. The summed E-state index contributed by atoms with van der Waals surface area (Å²) in [7, 11) is 0. The largest absolute Gasteiger partial charge is 0.291 e. The topological polar surface area (TPSA) is 3.01 Å². The fraction of sp³-hybridized carbons (Fsp3) is 1.00. The smallest absolute Gasteiger partial charge is 0.0320 e. The van der Waals surface area contributed by atoms with Crippen LogP contribution in [0.3, 0.4) is 0 Å². The number of fused-ring (bicyclic) bond motifs is 1. The molecule has 70 valence electrons. The van der Waals surface area contributed by atoms with Crippen molar-refractivity contribution < 1.29 is 0 Å². The molecule has 0 radical (unpaired) electrons. The van der Waals surface area contributed by atoms with E-state index in [0.29, 0.717) is 10.8 Å². The lowest BCUT2D eigenvalue weighted by Crippen LogP contribution is -2.51. The van der Waals surface area contributed by atoms with Crippen molar-refractivity contribution in [3.63, 3.8) is 0 Å².